The fraction of sp³-hybridized carbons (Fsp3) is 1.00. The third-order valence-electron chi connectivity index (χ3n) is 5.79. The Morgan fingerprint density at radius 3 is 2.29 bits per heavy atom. The second-order valence-electron chi connectivity index (χ2n) is 7.24. The molecule has 1 unspecified atom stereocenters. The Hall–Kier alpha value is -0.170. The summed E-state index contributed by atoms with van der Waals surface area (Å²) in [6.45, 7) is 4.59. The molecule has 120 valence electrons. The van der Waals surface area contributed by atoms with Gasteiger partial charge in [-0.3, -0.25) is 4.90 Å². The molecule has 4 fully saturated rings. The Morgan fingerprint density at radius 1 is 1.00 bits per heavy atom. The van der Waals surface area contributed by atoms with Crippen molar-refractivity contribution in [2.45, 2.75) is 61.8 Å². The van der Waals surface area contributed by atoms with Gasteiger partial charge in [0, 0.05) is 19.1 Å². The highest BCUT2D eigenvalue weighted by Gasteiger charge is 2.48. The van der Waals surface area contributed by atoms with Crippen LogP contribution in [-0.4, -0.2) is 67.3 Å². The Bertz CT molecular complexity index is 489. The molecular formula is C15H26N2O3S. The Morgan fingerprint density at radius 2 is 1.67 bits per heavy atom. The molecule has 0 aromatic carbocycles. The normalized spacial score (nSPS) is 34.8. The van der Waals surface area contributed by atoms with Crippen molar-refractivity contribution in [1.29, 1.82) is 0 Å². The SMILES string of the molecule is O=S(=O)(C1CC1)N1CCC2(CC1)CC(N1CCCC1)CO2. The van der Waals surface area contributed by atoms with Crippen LogP contribution in [0.15, 0.2) is 0 Å². The first-order valence-electron chi connectivity index (χ1n) is 8.46. The van der Waals surface area contributed by atoms with Gasteiger partial charge in [-0.1, -0.05) is 0 Å². The van der Waals surface area contributed by atoms with E-state index in [9.17, 15) is 8.42 Å². The lowest BCUT2D eigenvalue weighted by Gasteiger charge is -2.38. The molecule has 5 nitrogen and oxygen atoms in total. The minimum atomic E-state index is -3.00. The van der Waals surface area contributed by atoms with E-state index in [2.05, 4.69) is 4.90 Å². The predicted molar refractivity (Wildman–Crippen MR) is 80.6 cm³/mol. The topological polar surface area (TPSA) is 49.9 Å². The molecule has 0 aromatic rings. The van der Waals surface area contributed by atoms with Gasteiger partial charge < -0.3 is 4.74 Å². The Kier molecular flexibility index (Phi) is 3.56. The lowest BCUT2D eigenvalue weighted by molar-refractivity contribution is -0.0316. The highest BCUT2D eigenvalue weighted by molar-refractivity contribution is 7.90. The van der Waals surface area contributed by atoms with Crippen LogP contribution in [0, 0.1) is 0 Å². The van der Waals surface area contributed by atoms with Crippen LogP contribution in [0.3, 0.4) is 0 Å². The molecule has 0 N–H and O–H groups in total. The standard InChI is InChI=1S/C15H26N2O3S/c18-21(19,14-3-4-14)17-9-5-15(6-10-17)11-13(12-20-15)16-7-1-2-8-16/h13-14H,1-12H2. The number of piperidine rings is 1. The minimum absolute atomic E-state index is 0.0389. The molecule has 6 heteroatoms. The first-order valence-corrected chi connectivity index (χ1v) is 9.96. The van der Waals surface area contributed by atoms with Crippen molar-refractivity contribution in [2.24, 2.45) is 0 Å². The van der Waals surface area contributed by atoms with Crippen LogP contribution >= 0.6 is 0 Å². The number of nitrogens with zero attached hydrogens (tertiary/aromatic N) is 2. The summed E-state index contributed by atoms with van der Waals surface area (Å²) in [5.41, 5.74) is -0.0389. The molecule has 1 saturated carbocycles. The largest absolute Gasteiger partial charge is 0.373 e. The van der Waals surface area contributed by atoms with Crippen molar-refractivity contribution >= 4 is 10.0 Å². The highest BCUT2D eigenvalue weighted by atomic mass is 32.2. The van der Waals surface area contributed by atoms with Gasteiger partial charge in [0.2, 0.25) is 10.0 Å². The van der Waals surface area contributed by atoms with E-state index < -0.39 is 10.0 Å². The molecule has 3 saturated heterocycles. The van der Waals surface area contributed by atoms with Crippen LogP contribution in [0.1, 0.15) is 44.9 Å². The van der Waals surface area contributed by atoms with E-state index in [0.29, 0.717) is 19.1 Å². The summed E-state index contributed by atoms with van der Waals surface area (Å²) in [4.78, 5) is 2.57. The fourth-order valence-corrected chi connectivity index (χ4v) is 6.08. The monoisotopic (exact) mass is 314 g/mol. The van der Waals surface area contributed by atoms with Crippen molar-refractivity contribution in [3.8, 4) is 0 Å². The summed E-state index contributed by atoms with van der Waals surface area (Å²) in [7, 11) is -3.00. The van der Waals surface area contributed by atoms with Gasteiger partial charge in [-0.25, -0.2) is 12.7 Å². The summed E-state index contributed by atoms with van der Waals surface area (Å²) < 4.78 is 32.5. The van der Waals surface area contributed by atoms with Crippen LogP contribution in [0.5, 0.6) is 0 Å². The highest BCUT2D eigenvalue weighted by Crippen LogP contribution is 2.40. The second kappa shape index (κ2) is 5.18. The van der Waals surface area contributed by atoms with Gasteiger partial charge in [0.15, 0.2) is 0 Å². The first kappa shape index (κ1) is 14.4. The van der Waals surface area contributed by atoms with E-state index >= 15 is 0 Å². The number of ether oxygens (including phenoxy) is 1. The molecule has 0 bridgehead atoms. The molecule has 0 amide bonds. The maximum Gasteiger partial charge on any atom is 0.216 e. The third kappa shape index (κ3) is 2.64. The van der Waals surface area contributed by atoms with Crippen molar-refractivity contribution in [1.82, 2.24) is 9.21 Å². The number of likely N-dealkylation sites (tertiary alicyclic amines) is 1. The van der Waals surface area contributed by atoms with Crippen LogP contribution < -0.4 is 0 Å². The molecule has 0 radical (unpaired) electrons. The van der Waals surface area contributed by atoms with E-state index in [0.717, 1.165) is 38.7 Å². The molecular weight excluding hydrogens is 288 g/mol. The molecule has 4 aliphatic rings. The van der Waals surface area contributed by atoms with Crippen LogP contribution in [0.2, 0.25) is 0 Å². The Balaban J connectivity index is 1.36. The Labute approximate surface area is 127 Å². The zero-order valence-electron chi connectivity index (χ0n) is 12.7. The lowest BCUT2D eigenvalue weighted by Crippen LogP contribution is -2.47. The predicted octanol–water partition coefficient (Wildman–Crippen LogP) is 1.20. The van der Waals surface area contributed by atoms with Gasteiger partial charge in [0.25, 0.3) is 0 Å². The van der Waals surface area contributed by atoms with Crippen molar-refractivity contribution in [3.63, 3.8) is 0 Å². The van der Waals surface area contributed by atoms with E-state index in [4.69, 9.17) is 4.74 Å². The van der Waals surface area contributed by atoms with E-state index in [1.54, 1.807) is 4.31 Å². The summed E-state index contributed by atoms with van der Waals surface area (Å²) >= 11 is 0. The number of rotatable bonds is 3. The van der Waals surface area contributed by atoms with Gasteiger partial charge in [-0.15, -0.1) is 0 Å². The van der Waals surface area contributed by atoms with Crippen LogP contribution in [0.25, 0.3) is 0 Å². The number of hydrogen-bond acceptors (Lipinski definition) is 4. The summed E-state index contributed by atoms with van der Waals surface area (Å²) in [6, 6.07) is 0.569. The molecule has 4 rings (SSSR count). The van der Waals surface area contributed by atoms with Crippen molar-refractivity contribution in [3.05, 3.63) is 0 Å². The smallest absolute Gasteiger partial charge is 0.216 e. The molecule has 21 heavy (non-hydrogen) atoms. The summed E-state index contributed by atoms with van der Waals surface area (Å²) in [5, 5.41) is -0.0756. The molecule has 1 aliphatic carbocycles. The van der Waals surface area contributed by atoms with Gasteiger partial charge in [-0.05, 0) is 58.0 Å². The van der Waals surface area contributed by atoms with Crippen LogP contribution in [0.4, 0.5) is 0 Å². The van der Waals surface area contributed by atoms with Crippen molar-refractivity contribution in [2.75, 3.05) is 32.8 Å². The maximum atomic E-state index is 12.3. The van der Waals surface area contributed by atoms with Gasteiger partial charge in [0.05, 0.1) is 17.5 Å². The van der Waals surface area contributed by atoms with E-state index in [1.807, 2.05) is 0 Å². The fourth-order valence-electron chi connectivity index (χ4n) is 4.23. The third-order valence-corrected chi connectivity index (χ3v) is 8.18. The van der Waals surface area contributed by atoms with Gasteiger partial charge >= 0.3 is 0 Å². The molecule has 1 spiro atoms. The quantitative estimate of drug-likeness (QED) is 0.785. The molecule has 3 heterocycles. The minimum Gasteiger partial charge on any atom is -0.373 e. The maximum absolute atomic E-state index is 12.3. The van der Waals surface area contributed by atoms with Crippen LogP contribution in [-0.2, 0) is 14.8 Å². The van der Waals surface area contributed by atoms with E-state index in [-0.39, 0.29) is 10.9 Å². The van der Waals surface area contributed by atoms with Gasteiger partial charge in [-0.2, -0.15) is 0 Å². The molecule has 0 aromatic heterocycles. The average molecular weight is 314 g/mol. The first-order chi connectivity index (χ1) is 10.1. The van der Waals surface area contributed by atoms with Crippen molar-refractivity contribution < 1.29 is 13.2 Å². The molecule has 3 aliphatic heterocycles. The zero-order valence-corrected chi connectivity index (χ0v) is 13.5. The second-order valence-corrected chi connectivity index (χ2v) is 9.45. The number of hydrogen-bond donors (Lipinski definition) is 0. The van der Waals surface area contributed by atoms with Gasteiger partial charge in [0.1, 0.15) is 0 Å². The molecule has 1 atom stereocenters. The van der Waals surface area contributed by atoms with E-state index in [1.165, 1.54) is 25.9 Å². The number of sulfonamides is 1. The average Bonchev–Trinajstić information content (AvgIpc) is 3.06. The summed E-state index contributed by atoms with van der Waals surface area (Å²) in [6.07, 6.45) is 7.21. The summed E-state index contributed by atoms with van der Waals surface area (Å²) in [5.74, 6) is 0. The lowest BCUT2D eigenvalue weighted by atomic mass is 9.88. The zero-order chi connectivity index (χ0) is 14.5.